The summed E-state index contributed by atoms with van der Waals surface area (Å²) in [6, 6.07) is 7.14. The van der Waals surface area contributed by atoms with Crippen molar-refractivity contribution in [2.75, 3.05) is 20.2 Å². The Kier molecular flexibility index (Phi) is 6.22. The quantitative estimate of drug-likeness (QED) is 0.791. The molecule has 1 unspecified atom stereocenters. The molecule has 1 aromatic heterocycles. The molecule has 1 aliphatic heterocycles. The van der Waals surface area contributed by atoms with Crippen molar-refractivity contribution >= 4 is 5.91 Å². The van der Waals surface area contributed by atoms with Crippen molar-refractivity contribution in [1.82, 2.24) is 20.8 Å². The molecular formula is C19H26N4O3. The zero-order valence-electron chi connectivity index (χ0n) is 15.3. The van der Waals surface area contributed by atoms with Gasteiger partial charge in [-0.1, -0.05) is 17.3 Å². The lowest BCUT2D eigenvalue weighted by molar-refractivity contribution is -0.122. The third-order valence-corrected chi connectivity index (χ3v) is 4.76. The minimum Gasteiger partial charge on any atom is -0.497 e. The maximum absolute atomic E-state index is 12.2. The van der Waals surface area contributed by atoms with Gasteiger partial charge in [0.25, 0.3) is 0 Å². The molecule has 1 fully saturated rings. The number of ether oxygens (including phenoxy) is 1. The van der Waals surface area contributed by atoms with Crippen LogP contribution in [0, 0.1) is 5.92 Å². The van der Waals surface area contributed by atoms with E-state index in [1.54, 1.807) is 7.11 Å². The van der Waals surface area contributed by atoms with E-state index >= 15 is 0 Å². The molecule has 1 aromatic carbocycles. The van der Waals surface area contributed by atoms with Gasteiger partial charge in [-0.05, 0) is 57.3 Å². The first-order valence-electron chi connectivity index (χ1n) is 9.14. The van der Waals surface area contributed by atoms with Crippen molar-refractivity contribution in [3.8, 4) is 17.1 Å². The lowest BCUT2D eigenvalue weighted by Gasteiger charge is -2.22. The number of piperidine rings is 1. The summed E-state index contributed by atoms with van der Waals surface area (Å²) in [6.07, 6.45) is 3.76. The number of hydrogen-bond acceptors (Lipinski definition) is 6. The van der Waals surface area contributed by atoms with Gasteiger partial charge in [0.1, 0.15) is 11.8 Å². The highest BCUT2D eigenvalue weighted by molar-refractivity contribution is 5.76. The smallest absolute Gasteiger partial charge is 0.249 e. The van der Waals surface area contributed by atoms with E-state index in [0.717, 1.165) is 43.7 Å². The maximum Gasteiger partial charge on any atom is 0.249 e. The lowest BCUT2D eigenvalue weighted by Crippen LogP contribution is -2.30. The van der Waals surface area contributed by atoms with Gasteiger partial charge in [-0.2, -0.15) is 4.98 Å². The number of carbonyl (C=O) groups excluding carboxylic acids is 1. The first-order valence-corrected chi connectivity index (χ1v) is 9.14. The molecule has 2 aromatic rings. The minimum atomic E-state index is -0.317. The molecule has 1 amide bonds. The Bertz CT molecular complexity index is 725. The molecular weight excluding hydrogens is 332 g/mol. The van der Waals surface area contributed by atoms with Crippen molar-refractivity contribution in [2.45, 2.75) is 38.6 Å². The van der Waals surface area contributed by atoms with Gasteiger partial charge in [-0.25, -0.2) is 0 Å². The summed E-state index contributed by atoms with van der Waals surface area (Å²) in [5.74, 6) is 2.28. The van der Waals surface area contributed by atoms with Crippen LogP contribution in [0.2, 0.25) is 0 Å². The van der Waals surface area contributed by atoms with Gasteiger partial charge in [0.2, 0.25) is 17.6 Å². The summed E-state index contributed by atoms with van der Waals surface area (Å²) in [6.45, 7) is 3.96. The van der Waals surface area contributed by atoms with Crippen molar-refractivity contribution in [2.24, 2.45) is 5.92 Å². The molecule has 1 aliphatic rings. The summed E-state index contributed by atoms with van der Waals surface area (Å²) in [7, 11) is 1.61. The molecule has 0 radical (unpaired) electrons. The van der Waals surface area contributed by atoms with Crippen LogP contribution in [0.1, 0.15) is 44.5 Å². The molecule has 26 heavy (non-hydrogen) atoms. The van der Waals surface area contributed by atoms with Crippen LogP contribution in [0.25, 0.3) is 11.4 Å². The second-order valence-electron chi connectivity index (χ2n) is 6.71. The van der Waals surface area contributed by atoms with Crippen LogP contribution < -0.4 is 15.4 Å². The van der Waals surface area contributed by atoms with Crippen molar-refractivity contribution < 1.29 is 14.1 Å². The number of benzene rings is 1. The standard InChI is InChI=1S/C19H26N4O3/c1-13(21-17(24)7-6-14-8-10-20-11-9-14)19-22-18(23-26-19)15-4-3-5-16(12-15)25-2/h3-5,12-14,20H,6-11H2,1-2H3,(H,21,24). The lowest BCUT2D eigenvalue weighted by atomic mass is 9.93. The molecule has 2 N–H and O–H groups in total. The zero-order valence-corrected chi connectivity index (χ0v) is 15.3. The molecule has 1 atom stereocenters. The van der Waals surface area contributed by atoms with Gasteiger partial charge in [-0.15, -0.1) is 0 Å². The van der Waals surface area contributed by atoms with E-state index in [4.69, 9.17) is 9.26 Å². The van der Waals surface area contributed by atoms with E-state index in [2.05, 4.69) is 20.8 Å². The number of carbonyl (C=O) groups is 1. The number of nitrogens with zero attached hydrogens (tertiary/aromatic N) is 2. The predicted molar refractivity (Wildman–Crippen MR) is 97.7 cm³/mol. The number of rotatable bonds is 7. The Morgan fingerprint density at radius 2 is 2.23 bits per heavy atom. The Morgan fingerprint density at radius 3 is 3.00 bits per heavy atom. The van der Waals surface area contributed by atoms with E-state index in [1.165, 1.54) is 0 Å². The largest absolute Gasteiger partial charge is 0.497 e. The molecule has 2 heterocycles. The fourth-order valence-electron chi connectivity index (χ4n) is 3.17. The van der Waals surface area contributed by atoms with E-state index in [1.807, 2.05) is 31.2 Å². The number of aromatic nitrogens is 2. The van der Waals surface area contributed by atoms with E-state index in [0.29, 0.717) is 24.1 Å². The second kappa shape index (κ2) is 8.80. The summed E-state index contributed by atoms with van der Waals surface area (Å²) >= 11 is 0. The number of nitrogens with one attached hydrogen (secondary N) is 2. The molecule has 3 rings (SSSR count). The number of amides is 1. The molecule has 7 heteroatoms. The highest BCUT2D eigenvalue weighted by Gasteiger charge is 2.19. The van der Waals surface area contributed by atoms with Gasteiger partial charge >= 0.3 is 0 Å². The van der Waals surface area contributed by atoms with Gasteiger partial charge in [0.15, 0.2) is 0 Å². The van der Waals surface area contributed by atoms with Crippen LogP contribution in [-0.2, 0) is 4.79 Å². The van der Waals surface area contributed by atoms with Crippen LogP contribution in [0.3, 0.4) is 0 Å². The van der Waals surface area contributed by atoms with Gasteiger partial charge in [0.05, 0.1) is 7.11 Å². The number of hydrogen-bond donors (Lipinski definition) is 2. The highest BCUT2D eigenvalue weighted by Crippen LogP contribution is 2.23. The summed E-state index contributed by atoms with van der Waals surface area (Å²) in [5.41, 5.74) is 0.809. The molecule has 0 spiro atoms. The van der Waals surface area contributed by atoms with Crippen molar-refractivity contribution in [3.63, 3.8) is 0 Å². The summed E-state index contributed by atoms with van der Waals surface area (Å²) in [5, 5.41) is 10.3. The second-order valence-corrected chi connectivity index (χ2v) is 6.71. The fraction of sp³-hybridized carbons (Fsp3) is 0.526. The van der Waals surface area contributed by atoms with Gasteiger partial charge < -0.3 is 19.9 Å². The van der Waals surface area contributed by atoms with E-state index < -0.39 is 0 Å². The Balaban J connectivity index is 1.53. The van der Waals surface area contributed by atoms with Crippen molar-refractivity contribution in [3.05, 3.63) is 30.2 Å². The topological polar surface area (TPSA) is 89.3 Å². The van der Waals surface area contributed by atoms with E-state index in [9.17, 15) is 4.79 Å². The first kappa shape index (κ1) is 18.4. The van der Waals surface area contributed by atoms with Crippen molar-refractivity contribution in [1.29, 1.82) is 0 Å². The minimum absolute atomic E-state index is 0.0252. The molecule has 7 nitrogen and oxygen atoms in total. The molecule has 0 aliphatic carbocycles. The normalized spacial score (nSPS) is 16.2. The molecule has 1 saturated heterocycles. The summed E-state index contributed by atoms with van der Waals surface area (Å²) in [4.78, 5) is 16.6. The fourth-order valence-corrected chi connectivity index (χ4v) is 3.17. The third kappa shape index (κ3) is 4.82. The number of methoxy groups -OCH3 is 1. The average molecular weight is 358 g/mol. The Hall–Kier alpha value is -2.41. The molecule has 0 bridgehead atoms. The van der Waals surface area contributed by atoms with Gasteiger partial charge in [0, 0.05) is 12.0 Å². The maximum atomic E-state index is 12.2. The Labute approximate surface area is 153 Å². The highest BCUT2D eigenvalue weighted by atomic mass is 16.5. The third-order valence-electron chi connectivity index (χ3n) is 4.76. The van der Waals surface area contributed by atoms with Crippen LogP contribution in [0.4, 0.5) is 0 Å². The SMILES string of the molecule is COc1cccc(-c2noc(C(C)NC(=O)CCC3CCNCC3)n2)c1. The van der Waals surface area contributed by atoms with Gasteiger partial charge in [-0.3, -0.25) is 4.79 Å². The predicted octanol–water partition coefficient (Wildman–Crippen LogP) is 2.70. The average Bonchev–Trinajstić information content (AvgIpc) is 3.18. The molecule has 140 valence electrons. The van der Waals surface area contributed by atoms with Crippen LogP contribution >= 0.6 is 0 Å². The zero-order chi connectivity index (χ0) is 18.4. The summed E-state index contributed by atoms with van der Waals surface area (Å²) < 4.78 is 10.5. The monoisotopic (exact) mass is 358 g/mol. The van der Waals surface area contributed by atoms with Crippen LogP contribution in [-0.4, -0.2) is 36.2 Å². The van der Waals surface area contributed by atoms with Crippen LogP contribution in [0.5, 0.6) is 5.75 Å². The molecule has 0 saturated carbocycles. The van der Waals surface area contributed by atoms with Crippen LogP contribution in [0.15, 0.2) is 28.8 Å². The first-order chi connectivity index (χ1) is 12.7. The Morgan fingerprint density at radius 1 is 1.42 bits per heavy atom. The van der Waals surface area contributed by atoms with E-state index in [-0.39, 0.29) is 11.9 Å².